The van der Waals surface area contributed by atoms with E-state index in [1.165, 1.54) is 11.2 Å². The summed E-state index contributed by atoms with van der Waals surface area (Å²) in [4.78, 5) is 13.8. The minimum Gasteiger partial charge on any atom is -0.490 e. The number of ether oxygens (including phenoxy) is 1. The van der Waals surface area contributed by atoms with Crippen molar-refractivity contribution in [3.8, 4) is 5.75 Å². The molecule has 26 heavy (non-hydrogen) atoms. The van der Waals surface area contributed by atoms with Crippen molar-refractivity contribution in [2.24, 2.45) is 0 Å². The number of anilines is 2. The van der Waals surface area contributed by atoms with Gasteiger partial charge in [0.25, 0.3) is 10.0 Å². The number of rotatable bonds is 3. The molecule has 0 amide bonds. The highest BCUT2D eigenvalue weighted by molar-refractivity contribution is 7.92. The number of benzene rings is 2. The van der Waals surface area contributed by atoms with Crippen LogP contribution in [0.3, 0.4) is 0 Å². The summed E-state index contributed by atoms with van der Waals surface area (Å²) in [6, 6.07) is 10.2. The van der Waals surface area contributed by atoms with Crippen LogP contribution in [0.15, 0.2) is 41.3 Å². The van der Waals surface area contributed by atoms with Crippen molar-refractivity contribution >= 4 is 27.2 Å². The molecule has 7 heteroatoms. The highest BCUT2D eigenvalue weighted by atomic mass is 32.2. The van der Waals surface area contributed by atoms with E-state index in [4.69, 9.17) is 4.74 Å². The van der Waals surface area contributed by atoms with Gasteiger partial charge in [0.2, 0.25) is 0 Å². The predicted octanol–water partition coefficient (Wildman–Crippen LogP) is 2.47. The Morgan fingerprint density at radius 2 is 1.88 bits per heavy atom. The van der Waals surface area contributed by atoms with Crippen LogP contribution < -0.4 is 13.9 Å². The van der Waals surface area contributed by atoms with Gasteiger partial charge < -0.3 is 9.64 Å². The fraction of sp³-hybridized carbons (Fsp3) is 0.316. The van der Waals surface area contributed by atoms with Crippen molar-refractivity contribution in [1.82, 2.24) is 0 Å². The van der Waals surface area contributed by atoms with Crippen molar-refractivity contribution in [2.45, 2.75) is 18.2 Å². The zero-order chi connectivity index (χ0) is 18.5. The van der Waals surface area contributed by atoms with E-state index in [1.807, 2.05) is 11.9 Å². The van der Waals surface area contributed by atoms with Gasteiger partial charge in [-0.2, -0.15) is 0 Å². The largest absolute Gasteiger partial charge is 0.490 e. The number of nitrogens with zero attached hydrogens (tertiary/aromatic N) is 2. The summed E-state index contributed by atoms with van der Waals surface area (Å²) in [5.41, 5.74) is 2.93. The summed E-state index contributed by atoms with van der Waals surface area (Å²) in [7, 11) is -1.75. The number of sulfonamides is 1. The van der Waals surface area contributed by atoms with Gasteiger partial charge in [0.1, 0.15) is 12.4 Å². The van der Waals surface area contributed by atoms with Crippen molar-refractivity contribution in [2.75, 3.05) is 35.9 Å². The molecule has 0 atom stereocenters. The first kappa shape index (κ1) is 16.9. The van der Waals surface area contributed by atoms with Crippen molar-refractivity contribution in [3.05, 3.63) is 47.5 Å². The maximum atomic E-state index is 13.2. The lowest BCUT2D eigenvalue weighted by Gasteiger charge is -2.28. The lowest BCUT2D eigenvalue weighted by molar-refractivity contribution is 0.101. The first-order chi connectivity index (χ1) is 12.4. The zero-order valence-corrected chi connectivity index (χ0v) is 15.5. The highest BCUT2D eigenvalue weighted by Crippen LogP contribution is 2.37. The summed E-state index contributed by atoms with van der Waals surface area (Å²) in [5, 5.41) is 0. The third kappa shape index (κ3) is 2.63. The van der Waals surface area contributed by atoms with E-state index in [-0.39, 0.29) is 10.7 Å². The molecule has 4 rings (SSSR count). The van der Waals surface area contributed by atoms with E-state index >= 15 is 0 Å². The number of hydrogen-bond donors (Lipinski definition) is 0. The standard InChI is InChI=1S/C19H20N2O4S/c1-13(22)14-3-5-17-15(11-14)7-8-21(17)26(23,24)16-4-6-19-18(12-16)20(2)9-10-25-19/h3-6,11-12H,7-10H2,1-2H3. The second kappa shape index (κ2) is 6.02. The Kier molecular flexibility index (Phi) is 3.91. The van der Waals surface area contributed by atoms with Gasteiger partial charge in [0, 0.05) is 19.2 Å². The number of Topliss-reactive ketones (excluding diaryl/α,β-unsaturated/α-hetero) is 1. The van der Waals surface area contributed by atoms with Gasteiger partial charge >= 0.3 is 0 Å². The van der Waals surface area contributed by atoms with Gasteiger partial charge in [-0.25, -0.2) is 8.42 Å². The van der Waals surface area contributed by atoms with E-state index in [0.29, 0.717) is 36.6 Å². The molecule has 0 aromatic heterocycles. The van der Waals surface area contributed by atoms with Crippen LogP contribution in [0.1, 0.15) is 22.8 Å². The molecule has 136 valence electrons. The zero-order valence-electron chi connectivity index (χ0n) is 14.7. The van der Waals surface area contributed by atoms with Crippen molar-refractivity contribution in [3.63, 3.8) is 0 Å². The van der Waals surface area contributed by atoms with Crippen LogP contribution in [-0.4, -0.2) is 40.9 Å². The minimum atomic E-state index is -3.68. The molecule has 0 fully saturated rings. The molecule has 2 aliphatic rings. The average Bonchev–Trinajstić information content (AvgIpc) is 3.05. The monoisotopic (exact) mass is 372 g/mol. The fourth-order valence-electron chi connectivity index (χ4n) is 3.46. The minimum absolute atomic E-state index is 0.0215. The van der Waals surface area contributed by atoms with E-state index in [2.05, 4.69) is 0 Å². The number of hydrogen-bond acceptors (Lipinski definition) is 5. The van der Waals surface area contributed by atoms with Crippen LogP contribution in [0.4, 0.5) is 11.4 Å². The molecule has 0 unspecified atom stereocenters. The summed E-state index contributed by atoms with van der Waals surface area (Å²) in [6.07, 6.45) is 0.601. The molecule has 0 bridgehead atoms. The first-order valence-corrected chi connectivity index (χ1v) is 9.96. The molecule has 2 aromatic rings. The maximum Gasteiger partial charge on any atom is 0.264 e. The molecule has 0 saturated carbocycles. The smallest absolute Gasteiger partial charge is 0.264 e. The summed E-state index contributed by atoms with van der Waals surface area (Å²) < 4.78 is 33.4. The lowest BCUT2D eigenvalue weighted by Crippen LogP contribution is -2.31. The van der Waals surface area contributed by atoms with E-state index in [9.17, 15) is 13.2 Å². The van der Waals surface area contributed by atoms with Gasteiger partial charge in [0.05, 0.1) is 22.8 Å². The molecule has 6 nitrogen and oxygen atoms in total. The van der Waals surface area contributed by atoms with E-state index in [0.717, 1.165) is 17.8 Å². The maximum absolute atomic E-state index is 13.2. The van der Waals surface area contributed by atoms with Crippen LogP contribution in [0.2, 0.25) is 0 Å². The Morgan fingerprint density at radius 1 is 1.08 bits per heavy atom. The van der Waals surface area contributed by atoms with Crippen molar-refractivity contribution < 1.29 is 17.9 Å². The topological polar surface area (TPSA) is 66.9 Å². The normalized spacial score (nSPS) is 16.1. The molecule has 0 saturated heterocycles. The number of carbonyl (C=O) groups is 1. The number of carbonyl (C=O) groups excluding carboxylic acids is 1. The van der Waals surface area contributed by atoms with Crippen molar-refractivity contribution in [1.29, 1.82) is 0 Å². The first-order valence-electron chi connectivity index (χ1n) is 8.52. The third-order valence-corrected chi connectivity index (χ3v) is 6.76. The van der Waals surface area contributed by atoms with Crippen LogP contribution in [-0.2, 0) is 16.4 Å². The Morgan fingerprint density at radius 3 is 2.65 bits per heavy atom. The summed E-state index contributed by atoms with van der Waals surface area (Å²) in [5.74, 6) is 0.678. The van der Waals surface area contributed by atoms with Crippen LogP contribution in [0, 0.1) is 0 Å². The second-order valence-corrected chi connectivity index (χ2v) is 8.49. The molecule has 0 radical (unpaired) electrons. The van der Waals surface area contributed by atoms with Crippen LogP contribution in [0.25, 0.3) is 0 Å². The van der Waals surface area contributed by atoms with Gasteiger partial charge in [-0.3, -0.25) is 9.10 Å². The number of ketones is 1. The summed E-state index contributed by atoms with van der Waals surface area (Å²) in [6.45, 7) is 3.20. The molecule has 2 aliphatic heterocycles. The van der Waals surface area contributed by atoms with Gasteiger partial charge in [-0.1, -0.05) is 0 Å². The molecular formula is C19H20N2O4S. The van der Waals surface area contributed by atoms with Gasteiger partial charge in [0.15, 0.2) is 5.78 Å². The fourth-order valence-corrected chi connectivity index (χ4v) is 4.98. The quantitative estimate of drug-likeness (QED) is 0.775. The average molecular weight is 372 g/mol. The predicted molar refractivity (Wildman–Crippen MR) is 99.9 cm³/mol. The van der Waals surface area contributed by atoms with Crippen LogP contribution in [0.5, 0.6) is 5.75 Å². The Bertz CT molecular complexity index is 1000. The van der Waals surface area contributed by atoms with Crippen LogP contribution >= 0.6 is 0 Å². The van der Waals surface area contributed by atoms with Gasteiger partial charge in [-0.05, 0) is 55.3 Å². The molecule has 0 spiro atoms. The Hall–Kier alpha value is -2.54. The molecule has 2 aromatic carbocycles. The number of fused-ring (bicyclic) bond motifs is 2. The SMILES string of the molecule is CC(=O)c1ccc2c(c1)CCN2S(=O)(=O)c1ccc2c(c1)N(C)CCO2. The highest BCUT2D eigenvalue weighted by Gasteiger charge is 2.32. The van der Waals surface area contributed by atoms with E-state index < -0.39 is 10.0 Å². The molecular weight excluding hydrogens is 352 g/mol. The van der Waals surface area contributed by atoms with Gasteiger partial charge in [-0.15, -0.1) is 0 Å². The summed E-state index contributed by atoms with van der Waals surface area (Å²) >= 11 is 0. The molecule has 0 N–H and O–H groups in total. The van der Waals surface area contributed by atoms with E-state index in [1.54, 1.807) is 36.4 Å². The lowest BCUT2D eigenvalue weighted by atomic mass is 10.1. The molecule has 2 heterocycles. The Balaban J connectivity index is 1.73. The molecule has 0 aliphatic carbocycles. The second-order valence-electron chi connectivity index (χ2n) is 6.63. The third-order valence-electron chi connectivity index (χ3n) is 4.95. The Labute approximate surface area is 153 Å². The number of likely N-dealkylation sites (N-methyl/N-ethyl adjacent to an activating group) is 1.